The van der Waals surface area contributed by atoms with Crippen molar-refractivity contribution in [3.8, 4) is 0 Å². The molecule has 0 saturated heterocycles. The monoisotopic (exact) mass is 331 g/mol. The fraction of sp³-hybridized carbons (Fsp3) is 0.389. The maximum atomic E-state index is 12.8. The van der Waals surface area contributed by atoms with E-state index in [4.69, 9.17) is 11.6 Å². The van der Waals surface area contributed by atoms with Gasteiger partial charge in [0.25, 0.3) is 0 Å². The fourth-order valence-electron chi connectivity index (χ4n) is 3.27. The Labute approximate surface area is 142 Å². The molecule has 0 radical (unpaired) electrons. The molecule has 1 aromatic carbocycles. The quantitative estimate of drug-likeness (QED) is 0.851. The molecule has 1 aliphatic heterocycles. The van der Waals surface area contributed by atoms with Crippen molar-refractivity contribution in [3.63, 3.8) is 0 Å². The van der Waals surface area contributed by atoms with E-state index in [0.29, 0.717) is 17.5 Å². The first kappa shape index (κ1) is 15.9. The summed E-state index contributed by atoms with van der Waals surface area (Å²) in [6, 6.07) is 9.74. The number of anilines is 1. The summed E-state index contributed by atoms with van der Waals surface area (Å²) in [5.74, 6) is 0.343. The van der Waals surface area contributed by atoms with Crippen LogP contribution in [0.15, 0.2) is 36.5 Å². The van der Waals surface area contributed by atoms with Crippen LogP contribution < -0.4 is 5.32 Å². The highest BCUT2D eigenvalue weighted by molar-refractivity contribution is 6.31. The highest BCUT2D eigenvalue weighted by Gasteiger charge is 2.33. The van der Waals surface area contributed by atoms with Crippen molar-refractivity contribution in [1.82, 2.24) is 9.47 Å². The Morgan fingerprint density at radius 1 is 1.26 bits per heavy atom. The number of nitrogens with one attached hydrogen (secondary N) is 1. The first-order valence-corrected chi connectivity index (χ1v) is 8.34. The minimum absolute atomic E-state index is 0.0680. The molecule has 1 unspecified atom stereocenters. The average Bonchev–Trinajstić information content (AvgIpc) is 2.98. The van der Waals surface area contributed by atoms with E-state index in [2.05, 4.69) is 36.0 Å². The van der Waals surface area contributed by atoms with Crippen LogP contribution in [0.25, 0.3) is 0 Å². The number of rotatable bonds is 2. The van der Waals surface area contributed by atoms with Crippen LogP contribution in [0.2, 0.25) is 5.02 Å². The van der Waals surface area contributed by atoms with E-state index in [1.54, 1.807) is 0 Å². The maximum Gasteiger partial charge on any atom is 0.322 e. The Hall–Kier alpha value is -1.94. The van der Waals surface area contributed by atoms with Gasteiger partial charge in [-0.25, -0.2) is 4.79 Å². The van der Waals surface area contributed by atoms with Crippen LogP contribution in [0, 0.1) is 12.8 Å². The van der Waals surface area contributed by atoms with Crippen molar-refractivity contribution in [2.24, 2.45) is 5.92 Å². The molecule has 122 valence electrons. The lowest BCUT2D eigenvalue weighted by Crippen LogP contribution is -2.45. The van der Waals surface area contributed by atoms with Gasteiger partial charge < -0.3 is 14.8 Å². The summed E-state index contributed by atoms with van der Waals surface area (Å²) in [6.45, 7) is 7.75. The highest BCUT2D eigenvalue weighted by atomic mass is 35.5. The molecule has 4 nitrogen and oxygen atoms in total. The van der Waals surface area contributed by atoms with Gasteiger partial charge in [0.2, 0.25) is 0 Å². The van der Waals surface area contributed by atoms with Gasteiger partial charge in [-0.3, -0.25) is 0 Å². The lowest BCUT2D eigenvalue weighted by atomic mass is 9.97. The second-order valence-corrected chi connectivity index (χ2v) is 6.76. The second-order valence-electron chi connectivity index (χ2n) is 6.35. The zero-order valence-electron chi connectivity index (χ0n) is 13.7. The largest absolute Gasteiger partial charge is 0.348 e. The number of hydrogen-bond acceptors (Lipinski definition) is 1. The van der Waals surface area contributed by atoms with Crippen LogP contribution >= 0.6 is 11.6 Å². The molecular formula is C18H22ClN3O. The van der Waals surface area contributed by atoms with Crippen LogP contribution in [0.5, 0.6) is 0 Å². The number of benzene rings is 1. The smallest absolute Gasteiger partial charge is 0.322 e. The number of carbonyl (C=O) groups excluding carboxylic acids is 1. The van der Waals surface area contributed by atoms with Crippen molar-refractivity contribution >= 4 is 23.3 Å². The minimum atomic E-state index is -0.0680. The molecule has 0 saturated carbocycles. The molecule has 1 atom stereocenters. The van der Waals surface area contributed by atoms with E-state index < -0.39 is 0 Å². The molecule has 0 aliphatic carbocycles. The summed E-state index contributed by atoms with van der Waals surface area (Å²) >= 11 is 6.15. The van der Waals surface area contributed by atoms with Gasteiger partial charge in [0.15, 0.2) is 0 Å². The Morgan fingerprint density at radius 3 is 2.78 bits per heavy atom. The van der Waals surface area contributed by atoms with E-state index >= 15 is 0 Å². The minimum Gasteiger partial charge on any atom is -0.348 e. The Balaban J connectivity index is 1.86. The number of amides is 2. The molecule has 0 bridgehead atoms. The maximum absolute atomic E-state index is 12.8. The van der Waals surface area contributed by atoms with Gasteiger partial charge in [-0.1, -0.05) is 31.5 Å². The number of hydrogen-bond donors (Lipinski definition) is 1. The van der Waals surface area contributed by atoms with Gasteiger partial charge >= 0.3 is 6.03 Å². The summed E-state index contributed by atoms with van der Waals surface area (Å²) in [6.07, 6.45) is 2.08. The molecule has 0 spiro atoms. The lowest BCUT2D eigenvalue weighted by molar-refractivity contribution is 0.144. The predicted molar refractivity (Wildman–Crippen MR) is 93.9 cm³/mol. The van der Waals surface area contributed by atoms with Gasteiger partial charge in [0.05, 0.1) is 6.04 Å². The van der Waals surface area contributed by atoms with Gasteiger partial charge in [-0.2, -0.15) is 0 Å². The van der Waals surface area contributed by atoms with Crippen LogP contribution in [0.4, 0.5) is 10.5 Å². The number of fused-ring (bicyclic) bond motifs is 1. The molecule has 0 fully saturated rings. The summed E-state index contributed by atoms with van der Waals surface area (Å²) in [7, 11) is 0. The van der Waals surface area contributed by atoms with E-state index in [9.17, 15) is 4.79 Å². The van der Waals surface area contributed by atoms with Crippen molar-refractivity contribution in [2.75, 3.05) is 11.9 Å². The molecule has 1 aromatic heterocycles. The van der Waals surface area contributed by atoms with Gasteiger partial charge in [0.1, 0.15) is 0 Å². The normalized spacial score (nSPS) is 17.3. The molecule has 1 aliphatic rings. The van der Waals surface area contributed by atoms with Crippen LogP contribution in [-0.2, 0) is 6.54 Å². The molecule has 2 amide bonds. The molecule has 2 aromatic rings. The Kier molecular flexibility index (Phi) is 4.35. The Bertz CT molecular complexity index is 723. The molecule has 2 heterocycles. The number of aromatic nitrogens is 1. The highest BCUT2D eigenvalue weighted by Crippen LogP contribution is 2.33. The first-order valence-electron chi connectivity index (χ1n) is 7.97. The third kappa shape index (κ3) is 2.95. The summed E-state index contributed by atoms with van der Waals surface area (Å²) in [5, 5.41) is 3.68. The summed E-state index contributed by atoms with van der Waals surface area (Å²) < 4.78 is 2.24. The SMILES string of the molecule is Cc1c(Cl)cccc1NC(=O)N1CCn2cccc2C1C(C)C. The molecule has 23 heavy (non-hydrogen) atoms. The summed E-state index contributed by atoms with van der Waals surface area (Å²) in [4.78, 5) is 14.8. The second kappa shape index (κ2) is 6.28. The zero-order valence-corrected chi connectivity index (χ0v) is 14.5. The van der Waals surface area contributed by atoms with Crippen molar-refractivity contribution in [1.29, 1.82) is 0 Å². The van der Waals surface area contributed by atoms with Crippen molar-refractivity contribution in [3.05, 3.63) is 52.8 Å². The van der Waals surface area contributed by atoms with Crippen molar-refractivity contribution in [2.45, 2.75) is 33.4 Å². The molecule has 3 rings (SSSR count). The predicted octanol–water partition coefficient (Wildman–Crippen LogP) is 4.69. The Morgan fingerprint density at radius 2 is 2.04 bits per heavy atom. The van der Waals surface area contributed by atoms with Crippen LogP contribution in [-0.4, -0.2) is 22.0 Å². The third-order valence-corrected chi connectivity index (χ3v) is 4.90. The third-order valence-electron chi connectivity index (χ3n) is 4.49. The number of nitrogens with zero attached hydrogens (tertiary/aromatic N) is 2. The topological polar surface area (TPSA) is 37.3 Å². The van der Waals surface area contributed by atoms with Gasteiger partial charge in [-0.15, -0.1) is 0 Å². The number of carbonyl (C=O) groups is 1. The lowest BCUT2D eigenvalue weighted by Gasteiger charge is -2.39. The van der Waals surface area contributed by atoms with Crippen molar-refractivity contribution < 1.29 is 4.79 Å². The van der Waals surface area contributed by atoms with Gasteiger partial charge in [0, 0.05) is 35.7 Å². The molecular weight excluding hydrogens is 310 g/mol. The van der Waals surface area contributed by atoms with Crippen LogP contribution in [0.1, 0.15) is 31.1 Å². The van der Waals surface area contributed by atoms with Gasteiger partial charge in [-0.05, 0) is 42.7 Å². The van der Waals surface area contributed by atoms with E-state index in [1.807, 2.05) is 36.1 Å². The van der Waals surface area contributed by atoms with E-state index in [-0.39, 0.29) is 12.1 Å². The first-order chi connectivity index (χ1) is 11.0. The molecule has 5 heteroatoms. The number of urea groups is 1. The average molecular weight is 332 g/mol. The van der Waals surface area contributed by atoms with E-state index in [0.717, 1.165) is 17.8 Å². The molecule has 1 N–H and O–H groups in total. The fourth-order valence-corrected chi connectivity index (χ4v) is 3.45. The van der Waals surface area contributed by atoms with E-state index in [1.165, 1.54) is 5.69 Å². The summed E-state index contributed by atoms with van der Waals surface area (Å²) in [5.41, 5.74) is 2.86. The van der Waals surface area contributed by atoms with Crippen LogP contribution in [0.3, 0.4) is 0 Å². The zero-order chi connectivity index (χ0) is 16.6. The number of halogens is 1. The standard InChI is InChI=1S/C18H22ClN3O/c1-12(2)17-16-8-5-9-21(16)10-11-22(17)18(23)20-15-7-4-6-14(19)13(15)3/h4-9,12,17H,10-11H2,1-3H3,(H,20,23).